The van der Waals surface area contributed by atoms with Gasteiger partial charge in [-0.1, -0.05) is 24.3 Å². The number of benzene rings is 1. The van der Waals surface area contributed by atoms with Gasteiger partial charge in [0.2, 0.25) is 11.8 Å². The molecule has 2 aromatic rings. The molecule has 0 saturated carbocycles. The molecule has 0 radical (unpaired) electrons. The molecule has 0 bridgehead atoms. The van der Waals surface area contributed by atoms with Gasteiger partial charge in [-0.3, -0.25) is 19.6 Å². The number of hydrogen-bond acceptors (Lipinski definition) is 3. The van der Waals surface area contributed by atoms with Crippen molar-refractivity contribution in [3.8, 4) is 0 Å². The molecule has 7 nitrogen and oxygen atoms in total. The van der Waals surface area contributed by atoms with Crippen LogP contribution in [0.1, 0.15) is 12.5 Å². The van der Waals surface area contributed by atoms with Crippen LogP contribution in [-0.4, -0.2) is 49.5 Å². The molecule has 1 aromatic carbocycles. The van der Waals surface area contributed by atoms with E-state index in [9.17, 15) is 13.8 Å². The SMILES string of the molecule is C=C(/C=C\C(=C/C)S(=C)(N)=O)N1CN(C(=O)Cn2ccc3cc(C)ccc32)CC1=O. The predicted molar refractivity (Wildman–Crippen MR) is 122 cm³/mol. The van der Waals surface area contributed by atoms with Gasteiger partial charge in [-0.25, -0.2) is 4.21 Å². The van der Waals surface area contributed by atoms with E-state index < -0.39 is 9.71 Å². The average molecular weight is 427 g/mol. The van der Waals surface area contributed by atoms with Crippen molar-refractivity contribution in [1.82, 2.24) is 14.4 Å². The van der Waals surface area contributed by atoms with Gasteiger partial charge in [-0.05, 0) is 55.5 Å². The van der Waals surface area contributed by atoms with E-state index in [0.29, 0.717) is 10.6 Å². The van der Waals surface area contributed by atoms with Crippen LogP contribution in [0.25, 0.3) is 10.9 Å². The monoisotopic (exact) mass is 426 g/mol. The molecule has 0 spiro atoms. The lowest BCUT2D eigenvalue weighted by molar-refractivity contribution is -0.132. The number of nitrogens with two attached hydrogens (primary N) is 1. The van der Waals surface area contributed by atoms with Crippen LogP contribution in [0.3, 0.4) is 0 Å². The van der Waals surface area contributed by atoms with Crippen molar-refractivity contribution >= 4 is 38.3 Å². The Balaban J connectivity index is 1.68. The molecule has 1 aliphatic rings. The maximum Gasteiger partial charge on any atom is 0.248 e. The number of amides is 2. The van der Waals surface area contributed by atoms with Crippen molar-refractivity contribution in [2.45, 2.75) is 20.4 Å². The molecule has 1 unspecified atom stereocenters. The molecule has 2 heterocycles. The minimum atomic E-state index is -2.86. The summed E-state index contributed by atoms with van der Waals surface area (Å²) in [5.74, 6) is 3.07. The van der Waals surface area contributed by atoms with Crippen LogP contribution in [0.15, 0.2) is 65.9 Å². The fourth-order valence-corrected chi connectivity index (χ4v) is 4.05. The molecular formula is C22H26N4O3S. The highest BCUT2D eigenvalue weighted by molar-refractivity contribution is 8.02. The summed E-state index contributed by atoms with van der Waals surface area (Å²) in [4.78, 5) is 28.5. The standard InChI is InChI=1S/C22H26N4O3S/c1-5-19(30(4,23)29)8-7-17(3)26-15-25(14-22(26)28)21(27)13-24-11-10-18-12-16(2)6-9-20(18)24/h5-12H,3-4,13-15H2,1-2H3,(H2,23,29)/b8-7-,19-5+. The maximum absolute atomic E-state index is 12.8. The van der Waals surface area contributed by atoms with E-state index >= 15 is 0 Å². The summed E-state index contributed by atoms with van der Waals surface area (Å²) in [5.41, 5.74) is 2.52. The number of carbonyl (C=O) groups excluding carboxylic acids is 2. The Morgan fingerprint density at radius 2 is 2.03 bits per heavy atom. The third-order valence-corrected chi connectivity index (χ3v) is 6.16. The summed E-state index contributed by atoms with van der Waals surface area (Å²) in [6.07, 6.45) is 6.56. The molecule has 1 aliphatic heterocycles. The molecule has 30 heavy (non-hydrogen) atoms. The van der Waals surface area contributed by atoms with Crippen molar-refractivity contribution in [2.75, 3.05) is 13.2 Å². The van der Waals surface area contributed by atoms with Gasteiger partial charge < -0.3 is 9.47 Å². The first kappa shape index (κ1) is 21.6. The van der Waals surface area contributed by atoms with Gasteiger partial charge in [0.1, 0.15) is 19.8 Å². The van der Waals surface area contributed by atoms with Crippen molar-refractivity contribution in [2.24, 2.45) is 5.14 Å². The van der Waals surface area contributed by atoms with Gasteiger partial charge in [0.15, 0.2) is 0 Å². The van der Waals surface area contributed by atoms with Gasteiger partial charge in [-0.2, -0.15) is 0 Å². The van der Waals surface area contributed by atoms with Crippen LogP contribution in [0, 0.1) is 6.92 Å². The van der Waals surface area contributed by atoms with E-state index in [4.69, 9.17) is 5.14 Å². The molecule has 1 atom stereocenters. The number of fused-ring (bicyclic) bond motifs is 1. The highest BCUT2D eigenvalue weighted by Crippen LogP contribution is 2.19. The topological polar surface area (TPSA) is 88.6 Å². The summed E-state index contributed by atoms with van der Waals surface area (Å²) in [7, 11) is -2.86. The zero-order chi connectivity index (χ0) is 22.1. The summed E-state index contributed by atoms with van der Waals surface area (Å²) in [6.45, 7) is 7.87. The van der Waals surface area contributed by atoms with Crippen LogP contribution in [0.2, 0.25) is 0 Å². The molecule has 1 aromatic heterocycles. The van der Waals surface area contributed by atoms with Crippen LogP contribution >= 0.6 is 0 Å². The van der Waals surface area contributed by atoms with Crippen molar-refractivity contribution in [1.29, 1.82) is 0 Å². The number of rotatable bonds is 6. The normalized spacial score (nSPS) is 17.2. The molecular weight excluding hydrogens is 400 g/mol. The number of carbonyl (C=O) groups is 2. The Hall–Kier alpha value is -3.10. The third-order valence-electron chi connectivity index (χ3n) is 4.99. The van der Waals surface area contributed by atoms with E-state index in [1.54, 1.807) is 19.1 Å². The zero-order valence-electron chi connectivity index (χ0n) is 17.2. The van der Waals surface area contributed by atoms with Gasteiger partial charge in [0, 0.05) is 22.3 Å². The highest BCUT2D eigenvalue weighted by atomic mass is 32.2. The maximum atomic E-state index is 12.8. The second kappa shape index (κ2) is 8.33. The molecule has 0 aliphatic carbocycles. The van der Waals surface area contributed by atoms with Crippen LogP contribution in [0.4, 0.5) is 0 Å². The lowest BCUT2D eigenvalue weighted by atomic mass is 10.2. The molecule has 158 valence electrons. The summed E-state index contributed by atoms with van der Waals surface area (Å²) in [5, 5.41) is 6.63. The Labute approximate surface area is 176 Å². The van der Waals surface area contributed by atoms with E-state index in [1.165, 1.54) is 15.9 Å². The van der Waals surface area contributed by atoms with Gasteiger partial charge >= 0.3 is 0 Å². The Morgan fingerprint density at radius 3 is 2.70 bits per heavy atom. The van der Waals surface area contributed by atoms with E-state index in [0.717, 1.165) is 16.5 Å². The second-order valence-electron chi connectivity index (χ2n) is 7.30. The van der Waals surface area contributed by atoms with Crippen molar-refractivity contribution in [3.63, 3.8) is 0 Å². The smallest absolute Gasteiger partial charge is 0.248 e. The average Bonchev–Trinajstić information content (AvgIpc) is 3.24. The first-order valence-electron chi connectivity index (χ1n) is 9.42. The van der Waals surface area contributed by atoms with Gasteiger partial charge in [0.25, 0.3) is 0 Å². The first-order chi connectivity index (χ1) is 14.1. The lowest BCUT2D eigenvalue weighted by Crippen LogP contribution is -2.33. The Kier molecular flexibility index (Phi) is 6.00. The number of hydrogen-bond donors (Lipinski definition) is 1. The fraction of sp³-hybridized carbons (Fsp3) is 0.227. The number of nitrogens with zero attached hydrogens (tertiary/aromatic N) is 3. The lowest BCUT2D eigenvalue weighted by Gasteiger charge is -2.19. The summed E-state index contributed by atoms with van der Waals surface area (Å²) >= 11 is 0. The molecule has 1 fully saturated rings. The minimum absolute atomic E-state index is 0.0105. The number of aromatic nitrogens is 1. The van der Waals surface area contributed by atoms with E-state index in [1.807, 2.05) is 35.9 Å². The molecule has 2 N–H and O–H groups in total. The summed E-state index contributed by atoms with van der Waals surface area (Å²) in [6, 6.07) is 8.03. The van der Waals surface area contributed by atoms with Crippen LogP contribution in [-0.2, 0) is 25.8 Å². The van der Waals surface area contributed by atoms with Crippen LogP contribution < -0.4 is 5.14 Å². The number of allylic oxidation sites excluding steroid dienone is 3. The first-order valence-corrected chi connectivity index (χ1v) is 11.2. The Morgan fingerprint density at radius 1 is 1.30 bits per heavy atom. The molecule has 3 rings (SSSR count). The minimum Gasteiger partial charge on any atom is -0.338 e. The third kappa shape index (κ3) is 4.55. The zero-order valence-corrected chi connectivity index (χ0v) is 18.0. The number of aryl methyl sites for hydroxylation is 1. The molecule has 8 heteroatoms. The summed E-state index contributed by atoms with van der Waals surface area (Å²) < 4.78 is 13.8. The second-order valence-corrected chi connectivity index (χ2v) is 9.23. The predicted octanol–water partition coefficient (Wildman–Crippen LogP) is 2.14. The van der Waals surface area contributed by atoms with Gasteiger partial charge in [-0.15, -0.1) is 0 Å². The molecule has 1 saturated heterocycles. The van der Waals surface area contributed by atoms with Gasteiger partial charge in [0.05, 0.1) is 9.71 Å². The quantitative estimate of drug-likeness (QED) is 0.567. The Bertz CT molecular complexity index is 1190. The van der Waals surface area contributed by atoms with Crippen molar-refractivity contribution < 1.29 is 13.8 Å². The highest BCUT2D eigenvalue weighted by Gasteiger charge is 2.31. The van der Waals surface area contributed by atoms with E-state index in [2.05, 4.69) is 18.5 Å². The van der Waals surface area contributed by atoms with Crippen LogP contribution in [0.5, 0.6) is 0 Å². The largest absolute Gasteiger partial charge is 0.338 e. The fourth-order valence-electron chi connectivity index (χ4n) is 3.35. The molecule has 2 amide bonds. The van der Waals surface area contributed by atoms with Crippen molar-refractivity contribution in [3.05, 3.63) is 71.4 Å². The van der Waals surface area contributed by atoms with E-state index in [-0.39, 0.29) is 31.6 Å².